The third-order valence-corrected chi connectivity index (χ3v) is 4.71. The first kappa shape index (κ1) is 19.4. The van der Waals surface area contributed by atoms with Gasteiger partial charge in [0.1, 0.15) is 0 Å². The van der Waals surface area contributed by atoms with E-state index < -0.39 is 0 Å². The Hall–Kier alpha value is -1.88. The number of hydrogen-bond acceptors (Lipinski definition) is 3. The second-order valence-electron chi connectivity index (χ2n) is 6.57. The summed E-state index contributed by atoms with van der Waals surface area (Å²) in [6.45, 7) is 3.99. The molecule has 134 valence electrons. The average Bonchev–Trinajstić information content (AvgIpc) is 2.96. The number of carbonyl (C=O) groups excluding carboxylic acids is 1. The SMILES string of the molecule is CC(NC(=O)CN1C[C@@H](N)[C@H](c2ccccc2)C1)c1ccccc1.Cl. The first-order chi connectivity index (χ1) is 11.6. The van der Waals surface area contributed by atoms with E-state index in [9.17, 15) is 4.79 Å². The first-order valence-corrected chi connectivity index (χ1v) is 8.50. The Morgan fingerprint density at radius 1 is 1.12 bits per heavy atom. The lowest BCUT2D eigenvalue weighted by atomic mass is 9.95. The van der Waals surface area contributed by atoms with Crippen LogP contribution >= 0.6 is 12.4 Å². The van der Waals surface area contributed by atoms with Crippen LogP contribution in [0.1, 0.15) is 30.0 Å². The van der Waals surface area contributed by atoms with Crippen molar-refractivity contribution >= 4 is 18.3 Å². The van der Waals surface area contributed by atoms with Gasteiger partial charge in [-0.15, -0.1) is 12.4 Å². The fraction of sp³-hybridized carbons (Fsp3) is 0.350. The standard InChI is InChI=1S/C20H25N3O.ClH/c1-15(16-8-4-2-5-9-16)22-20(24)14-23-12-18(19(21)13-23)17-10-6-3-7-11-17;/h2-11,15,18-19H,12-14,21H2,1H3,(H,22,24);1H/t15?,18-,19+;/m0./s1. The third-order valence-electron chi connectivity index (χ3n) is 4.71. The van der Waals surface area contributed by atoms with Gasteiger partial charge in [-0.25, -0.2) is 0 Å². The highest BCUT2D eigenvalue weighted by molar-refractivity contribution is 5.85. The summed E-state index contributed by atoms with van der Waals surface area (Å²) in [5.41, 5.74) is 8.67. The molecule has 1 fully saturated rings. The number of likely N-dealkylation sites (tertiary alicyclic amines) is 1. The number of amides is 1. The van der Waals surface area contributed by atoms with Crippen molar-refractivity contribution < 1.29 is 4.79 Å². The molecule has 3 atom stereocenters. The predicted octanol–water partition coefficient (Wildman–Crippen LogP) is 2.71. The highest BCUT2D eigenvalue weighted by Gasteiger charge is 2.32. The molecule has 1 amide bonds. The molecular formula is C20H26ClN3O. The molecule has 0 bridgehead atoms. The zero-order valence-electron chi connectivity index (χ0n) is 14.5. The summed E-state index contributed by atoms with van der Waals surface area (Å²) in [6, 6.07) is 20.4. The Morgan fingerprint density at radius 3 is 2.36 bits per heavy atom. The van der Waals surface area contributed by atoms with Gasteiger partial charge in [0.2, 0.25) is 5.91 Å². The first-order valence-electron chi connectivity index (χ1n) is 8.50. The fourth-order valence-corrected chi connectivity index (χ4v) is 3.41. The van der Waals surface area contributed by atoms with Gasteiger partial charge in [0.25, 0.3) is 0 Å². The van der Waals surface area contributed by atoms with Crippen LogP contribution in [0.4, 0.5) is 0 Å². The highest BCUT2D eigenvalue weighted by Crippen LogP contribution is 2.26. The predicted molar refractivity (Wildman–Crippen MR) is 104 cm³/mol. The van der Waals surface area contributed by atoms with Crippen molar-refractivity contribution in [2.75, 3.05) is 19.6 Å². The minimum Gasteiger partial charge on any atom is -0.348 e. The summed E-state index contributed by atoms with van der Waals surface area (Å²) in [5.74, 6) is 0.345. The zero-order valence-corrected chi connectivity index (χ0v) is 15.3. The Bertz CT molecular complexity index is 665. The van der Waals surface area contributed by atoms with E-state index in [1.165, 1.54) is 5.56 Å². The van der Waals surface area contributed by atoms with E-state index in [1.807, 2.05) is 55.5 Å². The van der Waals surface area contributed by atoms with Crippen molar-refractivity contribution in [1.29, 1.82) is 0 Å². The van der Waals surface area contributed by atoms with Crippen molar-refractivity contribution in [3.8, 4) is 0 Å². The summed E-state index contributed by atoms with van der Waals surface area (Å²) in [5, 5.41) is 3.07. The number of nitrogens with two attached hydrogens (primary N) is 1. The van der Waals surface area contributed by atoms with E-state index in [2.05, 4.69) is 22.3 Å². The van der Waals surface area contributed by atoms with Gasteiger partial charge >= 0.3 is 0 Å². The molecule has 5 heteroatoms. The van der Waals surface area contributed by atoms with Gasteiger partial charge in [-0.1, -0.05) is 60.7 Å². The Morgan fingerprint density at radius 2 is 1.72 bits per heavy atom. The lowest BCUT2D eigenvalue weighted by molar-refractivity contribution is -0.122. The van der Waals surface area contributed by atoms with Gasteiger partial charge < -0.3 is 11.1 Å². The molecule has 1 unspecified atom stereocenters. The molecule has 4 nitrogen and oxygen atoms in total. The molecule has 3 rings (SSSR count). The molecule has 0 saturated carbocycles. The van der Waals surface area contributed by atoms with Crippen LogP contribution in [0.15, 0.2) is 60.7 Å². The molecular weight excluding hydrogens is 334 g/mol. The summed E-state index contributed by atoms with van der Waals surface area (Å²) < 4.78 is 0. The van der Waals surface area contributed by atoms with Crippen LogP contribution in [-0.2, 0) is 4.79 Å². The third kappa shape index (κ3) is 5.05. The topological polar surface area (TPSA) is 58.4 Å². The summed E-state index contributed by atoms with van der Waals surface area (Å²) in [6.07, 6.45) is 0. The minimum absolute atomic E-state index is 0. The maximum atomic E-state index is 12.3. The maximum absolute atomic E-state index is 12.3. The van der Waals surface area contributed by atoms with Crippen molar-refractivity contribution in [3.05, 3.63) is 71.8 Å². The van der Waals surface area contributed by atoms with Crippen LogP contribution in [-0.4, -0.2) is 36.5 Å². The van der Waals surface area contributed by atoms with Gasteiger partial charge in [0.05, 0.1) is 12.6 Å². The van der Waals surface area contributed by atoms with Gasteiger partial charge in [-0.05, 0) is 18.1 Å². The number of rotatable bonds is 5. The molecule has 0 aromatic heterocycles. The highest BCUT2D eigenvalue weighted by atomic mass is 35.5. The van der Waals surface area contributed by atoms with Crippen molar-refractivity contribution in [1.82, 2.24) is 10.2 Å². The molecule has 2 aromatic carbocycles. The van der Waals surface area contributed by atoms with Crippen molar-refractivity contribution in [3.63, 3.8) is 0 Å². The van der Waals surface area contributed by atoms with Crippen LogP contribution in [0.5, 0.6) is 0 Å². The fourth-order valence-electron chi connectivity index (χ4n) is 3.41. The summed E-state index contributed by atoms with van der Waals surface area (Å²) in [7, 11) is 0. The number of benzene rings is 2. The maximum Gasteiger partial charge on any atom is 0.234 e. The van der Waals surface area contributed by atoms with E-state index in [0.717, 1.165) is 18.7 Å². The number of halogens is 1. The van der Waals surface area contributed by atoms with E-state index in [-0.39, 0.29) is 30.4 Å². The number of hydrogen-bond donors (Lipinski definition) is 2. The molecule has 1 aliphatic rings. The van der Waals surface area contributed by atoms with Crippen LogP contribution < -0.4 is 11.1 Å². The van der Waals surface area contributed by atoms with Gasteiger partial charge in [-0.3, -0.25) is 9.69 Å². The molecule has 0 radical (unpaired) electrons. The van der Waals surface area contributed by atoms with Crippen LogP contribution in [0.25, 0.3) is 0 Å². The lowest BCUT2D eigenvalue weighted by Crippen LogP contribution is -2.38. The largest absolute Gasteiger partial charge is 0.348 e. The smallest absolute Gasteiger partial charge is 0.234 e. The number of nitrogens with one attached hydrogen (secondary N) is 1. The number of nitrogens with zero attached hydrogens (tertiary/aromatic N) is 1. The van der Waals surface area contributed by atoms with E-state index in [1.54, 1.807) is 0 Å². The molecule has 0 aliphatic carbocycles. The second kappa shape index (κ2) is 8.99. The monoisotopic (exact) mass is 359 g/mol. The second-order valence-corrected chi connectivity index (χ2v) is 6.57. The summed E-state index contributed by atoms with van der Waals surface area (Å²) in [4.78, 5) is 14.5. The Labute approximate surface area is 155 Å². The molecule has 0 spiro atoms. The van der Waals surface area contributed by atoms with Gasteiger partial charge in [0.15, 0.2) is 0 Å². The molecule has 1 saturated heterocycles. The average molecular weight is 360 g/mol. The van der Waals surface area contributed by atoms with E-state index in [0.29, 0.717) is 12.5 Å². The number of carbonyl (C=O) groups is 1. The summed E-state index contributed by atoms with van der Waals surface area (Å²) >= 11 is 0. The molecule has 1 aliphatic heterocycles. The van der Waals surface area contributed by atoms with E-state index >= 15 is 0 Å². The normalized spacial score (nSPS) is 21.4. The molecule has 25 heavy (non-hydrogen) atoms. The van der Waals surface area contributed by atoms with Crippen molar-refractivity contribution in [2.24, 2.45) is 5.73 Å². The van der Waals surface area contributed by atoms with Gasteiger partial charge in [0, 0.05) is 25.0 Å². The van der Waals surface area contributed by atoms with Crippen LogP contribution in [0.2, 0.25) is 0 Å². The van der Waals surface area contributed by atoms with Gasteiger partial charge in [-0.2, -0.15) is 0 Å². The molecule has 1 heterocycles. The quantitative estimate of drug-likeness (QED) is 0.863. The molecule has 2 aromatic rings. The lowest BCUT2D eigenvalue weighted by Gasteiger charge is -2.19. The van der Waals surface area contributed by atoms with Crippen LogP contribution in [0.3, 0.4) is 0 Å². The van der Waals surface area contributed by atoms with Crippen molar-refractivity contribution in [2.45, 2.75) is 24.9 Å². The van der Waals surface area contributed by atoms with E-state index in [4.69, 9.17) is 5.73 Å². The zero-order chi connectivity index (χ0) is 16.9. The van der Waals surface area contributed by atoms with Crippen LogP contribution in [0, 0.1) is 0 Å². The molecule has 3 N–H and O–H groups in total. The Kier molecular flexibility index (Phi) is 7.00. The minimum atomic E-state index is 0. The Balaban J connectivity index is 0.00000225.